The zero-order valence-electron chi connectivity index (χ0n) is 12.5. The van der Waals surface area contributed by atoms with E-state index in [1.54, 1.807) is 0 Å². The molecule has 0 aliphatic rings. The average Bonchev–Trinajstić information content (AvgIpc) is 2.93. The Labute approximate surface area is 120 Å². The van der Waals surface area contributed by atoms with E-state index >= 15 is 0 Å². The Morgan fingerprint density at radius 1 is 1.30 bits per heavy atom. The molecule has 108 valence electrons. The highest BCUT2D eigenvalue weighted by molar-refractivity contribution is 5.33. The maximum absolute atomic E-state index is 5.59. The molecule has 4 heteroatoms. The van der Waals surface area contributed by atoms with Gasteiger partial charge >= 0.3 is 0 Å². The van der Waals surface area contributed by atoms with Crippen LogP contribution in [0.25, 0.3) is 0 Å². The normalized spacial score (nSPS) is 12.3. The fraction of sp³-hybridized carbons (Fsp3) is 0.438. The lowest BCUT2D eigenvalue weighted by Crippen LogP contribution is -2.25. The molecule has 0 spiro atoms. The van der Waals surface area contributed by atoms with Gasteiger partial charge in [-0.05, 0) is 38.1 Å². The Morgan fingerprint density at radius 2 is 2.15 bits per heavy atom. The van der Waals surface area contributed by atoms with Crippen molar-refractivity contribution in [3.63, 3.8) is 0 Å². The highest BCUT2D eigenvalue weighted by Gasteiger charge is 2.18. The Hall–Kier alpha value is -1.81. The van der Waals surface area contributed by atoms with Crippen LogP contribution in [0.1, 0.15) is 38.2 Å². The van der Waals surface area contributed by atoms with E-state index < -0.39 is 0 Å². The minimum absolute atomic E-state index is 0.0929. The third-order valence-electron chi connectivity index (χ3n) is 3.26. The molecule has 0 saturated carbocycles. The summed E-state index contributed by atoms with van der Waals surface area (Å²) in [5.74, 6) is 1.95. The first-order valence-corrected chi connectivity index (χ1v) is 7.27. The molecule has 1 atom stereocenters. The first-order valence-electron chi connectivity index (χ1n) is 7.27. The van der Waals surface area contributed by atoms with Gasteiger partial charge in [0, 0.05) is 18.9 Å². The first kappa shape index (κ1) is 14.6. The predicted molar refractivity (Wildman–Crippen MR) is 81.0 cm³/mol. The van der Waals surface area contributed by atoms with Crippen molar-refractivity contribution in [2.75, 3.05) is 13.2 Å². The fourth-order valence-electron chi connectivity index (χ4n) is 2.36. The Kier molecular flexibility index (Phi) is 5.18. The third kappa shape index (κ3) is 3.20. The second-order valence-electron chi connectivity index (χ2n) is 4.57. The summed E-state index contributed by atoms with van der Waals surface area (Å²) in [6, 6.07) is 8.32. The van der Waals surface area contributed by atoms with E-state index in [1.165, 1.54) is 5.56 Å². The number of aromatic nitrogens is 2. The molecule has 20 heavy (non-hydrogen) atoms. The number of aryl methyl sites for hydroxylation is 1. The number of imidazole rings is 1. The Balaban J connectivity index is 2.35. The molecule has 0 fully saturated rings. The van der Waals surface area contributed by atoms with Gasteiger partial charge in [-0.25, -0.2) is 4.98 Å². The second kappa shape index (κ2) is 7.10. The molecule has 0 aliphatic heterocycles. The lowest BCUT2D eigenvalue weighted by molar-refractivity contribution is 0.339. The number of ether oxygens (including phenoxy) is 1. The number of rotatable bonds is 7. The molecule has 0 amide bonds. The lowest BCUT2D eigenvalue weighted by atomic mass is 10.1. The summed E-state index contributed by atoms with van der Waals surface area (Å²) >= 11 is 0. The highest BCUT2D eigenvalue weighted by atomic mass is 16.5. The minimum atomic E-state index is 0.0929. The Bertz CT molecular complexity index is 536. The smallest absolute Gasteiger partial charge is 0.130 e. The molecule has 1 unspecified atom stereocenters. The molecule has 0 aliphatic carbocycles. The van der Waals surface area contributed by atoms with Gasteiger partial charge in [-0.15, -0.1) is 0 Å². The zero-order chi connectivity index (χ0) is 14.4. The number of hydrogen-bond acceptors (Lipinski definition) is 3. The van der Waals surface area contributed by atoms with Gasteiger partial charge in [0.05, 0.1) is 12.6 Å². The average molecular weight is 273 g/mol. The van der Waals surface area contributed by atoms with Gasteiger partial charge in [0.2, 0.25) is 0 Å². The molecule has 0 saturated heterocycles. The molecular formula is C16H23N3O. The molecule has 0 radical (unpaired) electrons. The van der Waals surface area contributed by atoms with E-state index in [1.807, 2.05) is 31.5 Å². The van der Waals surface area contributed by atoms with E-state index in [0.717, 1.165) is 24.7 Å². The van der Waals surface area contributed by atoms with E-state index in [4.69, 9.17) is 4.74 Å². The highest BCUT2D eigenvalue weighted by Crippen LogP contribution is 2.24. The van der Waals surface area contributed by atoms with E-state index in [2.05, 4.69) is 40.8 Å². The van der Waals surface area contributed by atoms with E-state index in [0.29, 0.717) is 6.61 Å². The molecule has 1 N–H and O–H groups in total. The van der Waals surface area contributed by atoms with Gasteiger partial charge in [-0.3, -0.25) is 0 Å². The summed E-state index contributed by atoms with van der Waals surface area (Å²) in [4.78, 5) is 4.52. The van der Waals surface area contributed by atoms with Crippen LogP contribution < -0.4 is 10.1 Å². The van der Waals surface area contributed by atoms with Crippen LogP contribution in [0.5, 0.6) is 5.75 Å². The van der Waals surface area contributed by atoms with Crippen molar-refractivity contribution in [2.24, 2.45) is 0 Å². The van der Waals surface area contributed by atoms with Crippen LogP contribution in [0.4, 0.5) is 0 Å². The summed E-state index contributed by atoms with van der Waals surface area (Å²) in [7, 11) is 0. The second-order valence-corrected chi connectivity index (χ2v) is 4.57. The maximum Gasteiger partial charge on any atom is 0.130 e. The predicted octanol–water partition coefficient (Wildman–Crippen LogP) is 3.00. The van der Waals surface area contributed by atoms with Crippen molar-refractivity contribution < 1.29 is 4.74 Å². The van der Waals surface area contributed by atoms with Gasteiger partial charge in [-0.1, -0.05) is 19.1 Å². The maximum atomic E-state index is 5.59. The van der Waals surface area contributed by atoms with Gasteiger partial charge in [0.25, 0.3) is 0 Å². The molecular weight excluding hydrogens is 250 g/mol. The van der Waals surface area contributed by atoms with Crippen LogP contribution in [0.15, 0.2) is 36.7 Å². The number of benzene rings is 1. The molecule has 1 aromatic heterocycles. The number of nitrogens with one attached hydrogen (secondary N) is 1. The standard InChI is InChI=1S/C16H23N3O/c1-4-17-15(16-18-10-11-19(16)5-2)13-8-7-9-14(12-13)20-6-3/h7-12,15,17H,4-6H2,1-3H3. The van der Waals surface area contributed by atoms with Gasteiger partial charge in [0.15, 0.2) is 0 Å². The van der Waals surface area contributed by atoms with Crippen molar-refractivity contribution in [3.8, 4) is 5.75 Å². The van der Waals surface area contributed by atoms with Crippen LogP contribution in [0.2, 0.25) is 0 Å². The number of hydrogen-bond donors (Lipinski definition) is 1. The summed E-state index contributed by atoms with van der Waals surface area (Å²) < 4.78 is 7.76. The van der Waals surface area contributed by atoms with Crippen molar-refractivity contribution in [3.05, 3.63) is 48.0 Å². The third-order valence-corrected chi connectivity index (χ3v) is 3.26. The number of nitrogens with zero attached hydrogens (tertiary/aromatic N) is 2. The largest absolute Gasteiger partial charge is 0.494 e. The SMILES string of the molecule is CCNC(c1cccc(OCC)c1)c1nccn1CC. The van der Waals surface area contributed by atoms with E-state index in [-0.39, 0.29) is 6.04 Å². The first-order chi connectivity index (χ1) is 9.80. The van der Waals surface area contributed by atoms with Crippen LogP contribution >= 0.6 is 0 Å². The zero-order valence-corrected chi connectivity index (χ0v) is 12.5. The summed E-state index contributed by atoms with van der Waals surface area (Å²) in [6.07, 6.45) is 3.88. The minimum Gasteiger partial charge on any atom is -0.494 e. The van der Waals surface area contributed by atoms with Crippen molar-refractivity contribution in [1.82, 2.24) is 14.9 Å². The topological polar surface area (TPSA) is 39.1 Å². The van der Waals surface area contributed by atoms with Crippen molar-refractivity contribution in [1.29, 1.82) is 0 Å². The Morgan fingerprint density at radius 3 is 2.85 bits per heavy atom. The van der Waals surface area contributed by atoms with Gasteiger partial charge in [-0.2, -0.15) is 0 Å². The quantitative estimate of drug-likeness (QED) is 0.843. The van der Waals surface area contributed by atoms with Crippen LogP contribution in [-0.2, 0) is 6.54 Å². The van der Waals surface area contributed by atoms with Crippen LogP contribution in [0.3, 0.4) is 0 Å². The molecule has 0 bridgehead atoms. The van der Waals surface area contributed by atoms with Gasteiger partial charge < -0.3 is 14.6 Å². The van der Waals surface area contributed by atoms with Gasteiger partial charge in [0.1, 0.15) is 11.6 Å². The van der Waals surface area contributed by atoms with Crippen molar-refractivity contribution in [2.45, 2.75) is 33.4 Å². The molecule has 1 heterocycles. The summed E-state index contributed by atoms with van der Waals surface area (Å²) in [5.41, 5.74) is 1.18. The summed E-state index contributed by atoms with van der Waals surface area (Å²) in [6.45, 7) is 8.73. The molecule has 2 aromatic rings. The van der Waals surface area contributed by atoms with Crippen LogP contribution in [0, 0.1) is 0 Å². The lowest BCUT2D eigenvalue weighted by Gasteiger charge is -2.19. The fourth-order valence-corrected chi connectivity index (χ4v) is 2.36. The molecule has 4 nitrogen and oxygen atoms in total. The molecule has 2 rings (SSSR count). The summed E-state index contributed by atoms with van der Waals surface area (Å²) in [5, 5.41) is 3.51. The van der Waals surface area contributed by atoms with Crippen LogP contribution in [-0.4, -0.2) is 22.7 Å². The van der Waals surface area contributed by atoms with E-state index in [9.17, 15) is 0 Å². The molecule has 1 aromatic carbocycles. The van der Waals surface area contributed by atoms with Crippen molar-refractivity contribution >= 4 is 0 Å². The monoisotopic (exact) mass is 273 g/mol.